The van der Waals surface area contributed by atoms with Gasteiger partial charge in [0.2, 0.25) is 0 Å². The summed E-state index contributed by atoms with van der Waals surface area (Å²) in [5.74, 6) is 1.37. The second-order valence-corrected chi connectivity index (χ2v) is 5.79. The number of hydrogen-bond acceptors (Lipinski definition) is 3. The van der Waals surface area contributed by atoms with Crippen LogP contribution >= 0.6 is 23.1 Å². The third kappa shape index (κ3) is 3.01. The molecular formula is C10H15NS2. The average Bonchev–Trinajstić information content (AvgIpc) is 2.75. The standard InChI is InChI=1S/C10H15NS2/c1-3-9(12-5-1)7-11-8-10-4-2-6-13-10/h1,3,5,10-11H,2,4,6-8H2. The zero-order valence-electron chi connectivity index (χ0n) is 7.66. The molecule has 0 radical (unpaired) electrons. The van der Waals surface area contributed by atoms with E-state index in [2.05, 4.69) is 34.6 Å². The molecule has 1 fully saturated rings. The molecule has 1 aliphatic rings. The summed E-state index contributed by atoms with van der Waals surface area (Å²) < 4.78 is 0. The maximum Gasteiger partial charge on any atom is 0.0300 e. The van der Waals surface area contributed by atoms with Gasteiger partial charge in [0.1, 0.15) is 0 Å². The second kappa shape index (κ2) is 5.03. The first-order chi connectivity index (χ1) is 6.45. The molecule has 1 aliphatic heterocycles. The summed E-state index contributed by atoms with van der Waals surface area (Å²) >= 11 is 3.96. The van der Waals surface area contributed by atoms with E-state index in [-0.39, 0.29) is 0 Å². The van der Waals surface area contributed by atoms with Crippen molar-refractivity contribution in [2.45, 2.75) is 24.6 Å². The summed E-state index contributed by atoms with van der Waals surface area (Å²) in [6.07, 6.45) is 2.82. The van der Waals surface area contributed by atoms with Gasteiger partial charge in [-0.25, -0.2) is 0 Å². The van der Waals surface area contributed by atoms with Crippen molar-refractivity contribution in [2.75, 3.05) is 12.3 Å². The monoisotopic (exact) mass is 213 g/mol. The number of hydrogen-bond donors (Lipinski definition) is 1. The number of thiophene rings is 1. The Kier molecular flexibility index (Phi) is 3.70. The molecular weight excluding hydrogens is 198 g/mol. The van der Waals surface area contributed by atoms with Gasteiger partial charge in [0.05, 0.1) is 0 Å². The van der Waals surface area contributed by atoms with Crippen molar-refractivity contribution in [3.8, 4) is 0 Å². The lowest BCUT2D eigenvalue weighted by Gasteiger charge is -2.08. The van der Waals surface area contributed by atoms with Gasteiger partial charge in [-0.15, -0.1) is 11.3 Å². The van der Waals surface area contributed by atoms with Crippen LogP contribution in [-0.2, 0) is 6.54 Å². The smallest absolute Gasteiger partial charge is 0.0300 e. The van der Waals surface area contributed by atoms with Crippen LogP contribution in [0, 0.1) is 0 Å². The fraction of sp³-hybridized carbons (Fsp3) is 0.600. The van der Waals surface area contributed by atoms with E-state index in [1.54, 1.807) is 0 Å². The van der Waals surface area contributed by atoms with Crippen molar-refractivity contribution in [1.29, 1.82) is 0 Å². The fourth-order valence-electron chi connectivity index (χ4n) is 1.57. The Balaban J connectivity index is 1.63. The number of thioether (sulfide) groups is 1. The summed E-state index contributed by atoms with van der Waals surface area (Å²) in [5.41, 5.74) is 0. The molecule has 0 bridgehead atoms. The van der Waals surface area contributed by atoms with Gasteiger partial charge < -0.3 is 5.32 Å². The minimum Gasteiger partial charge on any atom is -0.311 e. The van der Waals surface area contributed by atoms with Gasteiger partial charge in [0.15, 0.2) is 0 Å². The van der Waals surface area contributed by atoms with E-state index in [1.165, 1.54) is 30.0 Å². The van der Waals surface area contributed by atoms with Crippen LogP contribution in [-0.4, -0.2) is 17.5 Å². The molecule has 0 aromatic carbocycles. The van der Waals surface area contributed by atoms with Gasteiger partial charge in [-0.2, -0.15) is 11.8 Å². The number of nitrogens with one attached hydrogen (secondary N) is 1. The molecule has 1 unspecified atom stereocenters. The Hall–Kier alpha value is 0.01000. The normalized spacial score (nSPS) is 22.3. The summed E-state index contributed by atoms with van der Waals surface area (Å²) in [6.45, 7) is 2.23. The minimum atomic E-state index is 0.875. The Morgan fingerprint density at radius 3 is 3.23 bits per heavy atom. The molecule has 0 amide bonds. The van der Waals surface area contributed by atoms with E-state index in [9.17, 15) is 0 Å². The first-order valence-electron chi connectivity index (χ1n) is 4.80. The molecule has 1 saturated heterocycles. The molecule has 0 aliphatic carbocycles. The maximum atomic E-state index is 3.52. The van der Waals surface area contributed by atoms with Gasteiger partial charge in [-0.05, 0) is 30.0 Å². The van der Waals surface area contributed by atoms with E-state index >= 15 is 0 Å². The van der Waals surface area contributed by atoms with Crippen LogP contribution in [0.5, 0.6) is 0 Å². The van der Waals surface area contributed by atoms with E-state index in [4.69, 9.17) is 0 Å². The Bertz CT molecular complexity index is 227. The van der Waals surface area contributed by atoms with Crippen LogP contribution in [0.25, 0.3) is 0 Å². The summed E-state index contributed by atoms with van der Waals surface area (Å²) in [7, 11) is 0. The van der Waals surface area contributed by atoms with E-state index in [0.29, 0.717) is 0 Å². The first-order valence-corrected chi connectivity index (χ1v) is 6.73. The maximum absolute atomic E-state index is 3.52. The molecule has 1 aromatic heterocycles. The predicted octanol–water partition coefficient (Wildman–Crippen LogP) is 2.73. The summed E-state index contributed by atoms with van der Waals surface area (Å²) in [5, 5.41) is 6.53. The average molecular weight is 213 g/mol. The molecule has 0 spiro atoms. The van der Waals surface area contributed by atoms with Crippen molar-refractivity contribution >= 4 is 23.1 Å². The highest BCUT2D eigenvalue weighted by Gasteiger charge is 2.14. The van der Waals surface area contributed by atoms with Crippen LogP contribution in [0.3, 0.4) is 0 Å². The topological polar surface area (TPSA) is 12.0 Å². The van der Waals surface area contributed by atoms with Gasteiger partial charge in [-0.1, -0.05) is 6.07 Å². The SMILES string of the molecule is c1csc(CNCC2CCCS2)c1. The van der Waals surface area contributed by atoms with Gasteiger partial charge in [-0.3, -0.25) is 0 Å². The lowest BCUT2D eigenvalue weighted by atomic mass is 10.2. The molecule has 1 N–H and O–H groups in total. The van der Waals surface area contributed by atoms with Crippen molar-refractivity contribution in [3.63, 3.8) is 0 Å². The summed E-state index contributed by atoms with van der Waals surface area (Å²) in [6, 6.07) is 4.31. The molecule has 0 saturated carbocycles. The van der Waals surface area contributed by atoms with Crippen LogP contribution in [0.15, 0.2) is 17.5 Å². The van der Waals surface area contributed by atoms with E-state index in [1.807, 2.05) is 11.3 Å². The van der Waals surface area contributed by atoms with Crippen molar-refractivity contribution in [3.05, 3.63) is 22.4 Å². The zero-order chi connectivity index (χ0) is 8.93. The second-order valence-electron chi connectivity index (χ2n) is 3.35. The molecule has 72 valence electrons. The third-order valence-corrected chi connectivity index (χ3v) is 4.55. The van der Waals surface area contributed by atoms with Crippen LogP contribution in [0.4, 0.5) is 0 Å². The molecule has 1 atom stereocenters. The highest BCUT2D eigenvalue weighted by molar-refractivity contribution is 8.00. The van der Waals surface area contributed by atoms with Crippen LogP contribution < -0.4 is 5.32 Å². The first kappa shape index (κ1) is 9.56. The predicted molar refractivity (Wildman–Crippen MR) is 61.5 cm³/mol. The fourth-order valence-corrected chi connectivity index (χ4v) is 3.49. The molecule has 2 heterocycles. The van der Waals surface area contributed by atoms with Gasteiger partial charge in [0, 0.05) is 23.2 Å². The Labute approximate surface area is 87.9 Å². The molecule has 2 rings (SSSR count). The highest BCUT2D eigenvalue weighted by atomic mass is 32.2. The highest BCUT2D eigenvalue weighted by Crippen LogP contribution is 2.25. The lowest BCUT2D eigenvalue weighted by Crippen LogP contribution is -2.22. The van der Waals surface area contributed by atoms with Crippen molar-refractivity contribution < 1.29 is 0 Å². The molecule has 1 aromatic rings. The zero-order valence-corrected chi connectivity index (χ0v) is 9.29. The third-order valence-electron chi connectivity index (χ3n) is 2.28. The molecule has 1 nitrogen and oxygen atoms in total. The van der Waals surface area contributed by atoms with Crippen LogP contribution in [0.2, 0.25) is 0 Å². The minimum absolute atomic E-state index is 0.875. The van der Waals surface area contributed by atoms with Crippen molar-refractivity contribution in [2.24, 2.45) is 0 Å². The summed E-state index contributed by atoms with van der Waals surface area (Å²) in [4.78, 5) is 1.45. The number of rotatable bonds is 4. The van der Waals surface area contributed by atoms with Gasteiger partial charge in [0.25, 0.3) is 0 Å². The van der Waals surface area contributed by atoms with E-state index < -0.39 is 0 Å². The van der Waals surface area contributed by atoms with Crippen molar-refractivity contribution in [1.82, 2.24) is 5.32 Å². The lowest BCUT2D eigenvalue weighted by molar-refractivity contribution is 0.650. The largest absolute Gasteiger partial charge is 0.311 e. The Morgan fingerprint density at radius 1 is 1.54 bits per heavy atom. The van der Waals surface area contributed by atoms with Gasteiger partial charge >= 0.3 is 0 Å². The van der Waals surface area contributed by atoms with E-state index in [0.717, 1.165) is 11.8 Å². The van der Waals surface area contributed by atoms with Crippen LogP contribution in [0.1, 0.15) is 17.7 Å². The quantitative estimate of drug-likeness (QED) is 0.825. The molecule has 13 heavy (non-hydrogen) atoms. The molecule has 3 heteroatoms. The Morgan fingerprint density at radius 2 is 2.54 bits per heavy atom.